The average Bonchev–Trinajstić information content (AvgIpc) is 2.78. The molecule has 4 heteroatoms. The summed E-state index contributed by atoms with van der Waals surface area (Å²) in [6, 6.07) is 17.1. The van der Waals surface area contributed by atoms with Crippen LogP contribution in [0.1, 0.15) is 12.5 Å². The molecular weight excluding hydrogens is 262 g/mol. The molecule has 0 saturated heterocycles. The summed E-state index contributed by atoms with van der Waals surface area (Å²) in [6.45, 7) is 3.78. The van der Waals surface area contributed by atoms with Crippen molar-refractivity contribution in [1.82, 2.24) is 0 Å². The van der Waals surface area contributed by atoms with E-state index in [1.165, 1.54) is 5.01 Å². The van der Waals surface area contributed by atoms with Gasteiger partial charge in [-0.2, -0.15) is 10.1 Å². The molecule has 1 amide bonds. The fraction of sp³-hybridized carbons (Fsp3) is 0.118. The molecule has 0 fully saturated rings. The van der Waals surface area contributed by atoms with Crippen LogP contribution in [0.25, 0.3) is 0 Å². The van der Waals surface area contributed by atoms with E-state index >= 15 is 0 Å². The first kappa shape index (κ1) is 13.2. The summed E-state index contributed by atoms with van der Waals surface area (Å²) in [6.07, 6.45) is 0. The molecule has 1 aliphatic heterocycles. The summed E-state index contributed by atoms with van der Waals surface area (Å²) in [5, 5.41) is 5.71. The number of anilines is 1. The lowest BCUT2D eigenvalue weighted by Crippen LogP contribution is -2.27. The zero-order valence-corrected chi connectivity index (χ0v) is 11.9. The molecule has 2 aromatic rings. The smallest absolute Gasteiger partial charge is 0.265 e. The van der Waals surface area contributed by atoms with Crippen LogP contribution >= 0.6 is 0 Å². The third-order valence-electron chi connectivity index (χ3n) is 3.34. The Morgan fingerprint density at radius 2 is 1.62 bits per heavy atom. The van der Waals surface area contributed by atoms with Gasteiger partial charge in [-0.25, -0.2) is 4.99 Å². The predicted molar refractivity (Wildman–Crippen MR) is 85.3 cm³/mol. The van der Waals surface area contributed by atoms with Crippen molar-refractivity contribution in [2.24, 2.45) is 10.1 Å². The fourth-order valence-corrected chi connectivity index (χ4v) is 2.18. The predicted octanol–water partition coefficient (Wildman–Crippen LogP) is 3.49. The number of nitrogens with zero attached hydrogens (tertiary/aromatic N) is 3. The number of aryl methyl sites for hydroxylation is 1. The van der Waals surface area contributed by atoms with Crippen LogP contribution in [0.15, 0.2) is 64.7 Å². The Balaban J connectivity index is 1.98. The Hall–Kier alpha value is -2.75. The van der Waals surface area contributed by atoms with Crippen LogP contribution in [0.3, 0.4) is 0 Å². The Morgan fingerprint density at radius 3 is 2.33 bits per heavy atom. The molecule has 1 heterocycles. The monoisotopic (exact) mass is 277 g/mol. The van der Waals surface area contributed by atoms with Gasteiger partial charge in [0.1, 0.15) is 0 Å². The molecular formula is C17H15N3O. The van der Waals surface area contributed by atoms with E-state index < -0.39 is 0 Å². The van der Waals surface area contributed by atoms with E-state index in [0.717, 1.165) is 16.9 Å². The molecule has 0 atom stereocenters. The van der Waals surface area contributed by atoms with Crippen molar-refractivity contribution in [1.29, 1.82) is 0 Å². The summed E-state index contributed by atoms with van der Waals surface area (Å²) in [5.41, 5.74) is 3.60. The molecule has 21 heavy (non-hydrogen) atoms. The Morgan fingerprint density at radius 1 is 0.952 bits per heavy atom. The summed E-state index contributed by atoms with van der Waals surface area (Å²) in [4.78, 5) is 17.0. The van der Waals surface area contributed by atoms with Gasteiger partial charge in [0, 0.05) is 0 Å². The molecule has 0 bridgehead atoms. The number of carbonyl (C=O) groups is 1. The number of amides is 1. The van der Waals surface area contributed by atoms with E-state index in [-0.39, 0.29) is 5.91 Å². The van der Waals surface area contributed by atoms with Crippen LogP contribution < -0.4 is 5.01 Å². The van der Waals surface area contributed by atoms with Crippen molar-refractivity contribution in [2.75, 3.05) is 5.01 Å². The molecule has 0 N–H and O–H groups in total. The first-order valence-corrected chi connectivity index (χ1v) is 6.76. The molecule has 0 aromatic heterocycles. The number of benzene rings is 2. The summed E-state index contributed by atoms with van der Waals surface area (Å²) in [5.74, 6) is -0.193. The Labute approximate surface area is 123 Å². The Kier molecular flexibility index (Phi) is 3.36. The second-order valence-electron chi connectivity index (χ2n) is 4.88. The highest BCUT2D eigenvalue weighted by Crippen LogP contribution is 2.22. The number of hydrazone groups is 1. The second-order valence-corrected chi connectivity index (χ2v) is 4.88. The van der Waals surface area contributed by atoms with Gasteiger partial charge >= 0.3 is 0 Å². The van der Waals surface area contributed by atoms with Crippen LogP contribution in [0, 0.1) is 6.92 Å². The van der Waals surface area contributed by atoms with Crippen LogP contribution in [-0.4, -0.2) is 17.3 Å². The van der Waals surface area contributed by atoms with E-state index in [2.05, 4.69) is 10.1 Å². The average molecular weight is 277 g/mol. The van der Waals surface area contributed by atoms with E-state index in [1.54, 1.807) is 6.92 Å². The Bertz CT molecular complexity index is 748. The molecule has 0 radical (unpaired) electrons. The first-order valence-electron chi connectivity index (χ1n) is 6.76. The van der Waals surface area contributed by atoms with E-state index in [9.17, 15) is 4.79 Å². The summed E-state index contributed by atoms with van der Waals surface area (Å²) < 4.78 is 0. The second kappa shape index (κ2) is 5.32. The van der Waals surface area contributed by atoms with Gasteiger partial charge < -0.3 is 0 Å². The zero-order chi connectivity index (χ0) is 14.8. The number of hydrogen-bond donors (Lipinski definition) is 0. The first-order chi connectivity index (χ1) is 10.2. The topological polar surface area (TPSA) is 45.0 Å². The van der Waals surface area contributed by atoms with Crippen molar-refractivity contribution in [3.05, 3.63) is 60.2 Å². The van der Waals surface area contributed by atoms with Crippen molar-refractivity contribution < 1.29 is 4.79 Å². The minimum absolute atomic E-state index is 0.193. The minimum atomic E-state index is -0.193. The van der Waals surface area contributed by atoms with Crippen molar-refractivity contribution >= 4 is 28.7 Å². The summed E-state index contributed by atoms with van der Waals surface area (Å²) >= 11 is 0. The molecule has 0 saturated carbocycles. The minimum Gasteiger partial charge on any atom is -0.265 e. The molecule has 3 rings (SSSR count). The molecule has 0 spiro atoms. The SMILES string of the molecule is CC1=NN(c2ccccc2)C(=O)C1=Nc1ccccc1C. The number of rotatable bonds is 2. The van der Waals surface area contributed by atoms with Gasteiger partial charge in [0.15, 0.2) is 5.71 Å². The van der Waals surface area contributed by atoms with E-state index in [1.807, 2.05) is 61.5 Å². The van der Waals surface area contributed by atoms with Crippen LogP contribution in [0.4, 0.5) is 11.4 Å². The van der Waals surface area contributed by atoms with Gasteiger partial charge in [0.25, 0.3) is 5.91 Å². The van der Waals surface area contributed by atoms with Gasteiger partial charge in [0.05, 0.1) is 17.1 Å². The van der Waals surface area contributed by atoms with Crippen molar-refractivity contribution in [2.45, 2.75) is 13.8 Å². The molecule has 2 aromatic carbocycles. The molecule has 104 valence electrons. The van der Waals surface area contributed by atoms with Crippen LogP contribution in [-0.2, 0) is 4.79 Å². The van der Waals surface area contributed by atoms with Crippen molar-refractivity contribution in [3.8, 4) is 0 Å². The molecule has 1 aliphatic rings. The summed E-state index contributed by atoms with van der Waals surface area (Å²) in [7, 11) is 0. The fourth-order valence-electron chi connectivity index (χ4n) is 2.18. The van der Waals surface area contributed by atoms with Crippen molar-refractivity contribution in [3.63, 3.8) is 0 Å². The normalized spacial score (nSPS) is 16.5. The number of aliphatic imine (C=N–C) groups is 1. The van der Waals surface area contributed by atoms with E-state index in [0.29, 0.717) is 11.4 Å². The maximum Gasteiger partial charge on any atom is 0.299 e. The highest BCUT2D eigenvalue weighted by atomic mass is 16.2. The van der Waals surface area contributed by atoms with Gasteiger partial charge in [0.2, 0.25) is 0 Å². The molecule has 0 unspecified atom stereocenters. The standard InChI is InChI=1S/C17H15N3O/c1-12-8-6-7-11-15(12)18-16-13(2)19-20(17(16)21)14-9-4-3-5-10-14/h3-11H,1-2H3. The maximum absolute atomic E-state index is 12.5. The molecule has 0 aliphatic carbocycles. The van der Waals surface area contributed by atoms with E-state index in [4.69, 9.17) is 0 Å². The highest BCUT2D eigenvalue weighted by Gasteiger charge is 2.30. The lowest BCUT2D eigenvalue weighted by molar-refractivity contribution is -0.112. The van der Waals surface area contributed by atoms with Crippen LogP contribution in [0.5, 0.6) is 0 Å². The van der Waals surface area contributed by atoms with Crippen LogP contribution in [0.2, 0.25) is 0 Å². The third-order valence-corrected chi connectivity index (χ3v) is 3.34. The highest BCUT2D eigenvalue weighted by molar-refractivity contribution is 6.71. The lowest BCUT2D eigenvalue weighted by Gasteiger charge is -2.10. The number of hydrogen-bond acceptors (Lipinski definition) is 3. The van der Waals surface area contributed by atoms with Gasteiger partial charge in [-0.05, 0) is 37.6 Å². The van der Waals surface area contributed by atoms with Gasteiger partial charge in [-0.1, -0.05) is 36.4 Å². The lowest BCUT2D eigenvalue weighted by atomic mass is 10.2. The number of carbonyl (C=O) groups excluding carboxylic acids is 1. The quantitative estimate of drug-likeness (QED) is 0.828. The zero-order valence-electron chi connectivity index (χ0n) is 11.9. The largest absolute Gasteiger partial charge is 0.299 e. The van der Waals surface area contributed by atoms with Gasteiger partial charge in [-0.15, -0.1) is 0 Å². The third kappa shape index (κ3) is 2.48. The number of para-hydroxylation sites is 2. The molecule has 4 nitrogen and oxygen atoms in total. The van der Waals surface area contributed by atoms with Gasteiger partial charge in [-0.3, -0.25) is 4.79 Å². The maximum atomic E-state index is 12.5.